The van der Waals surface area contributed by atoms with Gasteiger partial charge in [0.05, 0.1) is 12.2 Å². The molecule has 26 heavy (non-hydrogen) atoms. The van der Waals surface area contributed by atoms with Gasteiger partial charge in [0, 0.05) is 10.6 Å². The highest BCUT2D eigenvalue weighted by Crippen LogP contribution is 2.38. The van der Waals surface area contributed by atoms with Gasteiger partial charge in [-0.3, -0.25) is 0 Å². The van der Waals surface area contributed by atoms with Crippen LogP contribution < -0.4 is 10.6 Å². The number of aryl methyl sites for hydroxylation is 2. The fraction of sp³-hybridized carbons (Fsp3) is 0.368. The van der Waals surface area contributed by atoms with E-state index < -0.39 is 0 Å². The van der Waals surface area contributed by atoms with Gasteiger partial charge in [-0.2, -0.15) is 0 Å². The molecule has 0 radical (unpaired) electrons. The van der Waals surface area contributed by atoms with Crippen LogP contribution in [0.5, 0.6) is 0 Å². The number of ether oxygens (including phenoxy) is 1. The van der Waals surface area contributed by atoms with Gasteiger partial charge in [0.1, 0.15) is 10.8 Å². The highest BCUT2D eigenvalue weighted by Gasteiger charge is 2.26. The molecule has 0 amide bonds. The second kappa shape index (κ2) is 8.14. The number of hydrogen-bond donors (Lipinski definition) is 2. The third-order valence-corrected chi connectivity index (χ3v) is 5.74. The summed E-state index contributed by atoms with van der Waals surface area (Å²) < 4.78 is 18.7. The topological polar surface area (TPSA) is 50.4 Å². The summed E-state index contributed by atoms with van der Waals surface area (Å²) in [4.78, 5) is 13.7. The van der Waals surface area contributed by atoms with Crippen molar-refractivity contribution in [3.8, 4) is 0 Å². The molecule has 1 heterocycles. The Balaban J connectivity index is 1.84. The summed E-state index contributed by atoms with van der Waals surface area (Å²) in [7, 11) is 0. The van der Waals surface area contributed by atoms with Gasteiger partial charge in [-0.25, -0.2) is 9.18 Å². The van der Waals surface area contributed by atoms with E-state index in [2.05, 4.69) is 10.6 Å². The second-order valence-electron chi connectivity index (χ2n) is 6.17. The van der Waals surface area contributed by atoms with Crippen molar-refractivity contribution in [2.75, 3.05) is 17.2 Å². The molecule has 7 heteroatoms. The van der Waals surface area contributed by atoms with E-state index in [9.17, 15) is 9.18 Å². The smallest absolute Gasteiger partial charge is 0.341 e. The van der Waals surface area contributed by atoms with Crippen LogP contribution in [0.1, 0.15) is 46.1 Å². The summed E-state index contributed by atoms with van der Waals surface area (Å²) in [5, 5.41) is 7.15. The molecule has 138 valence electrons. The maximum absolute atomic E-state index is 13.5. The molecule has 0 unspecified atom stereocenters. The normalized spacial score (nSPS) is 13.0. The first-order chi connectivity index (χ1) is 12.5. The Morgan fingerprint density at radius 3 is 2.85 bits per heavy atom. The Labute approximate surface area is 161 Å². The lowest BCUT2D eigenvalue weighted by molar-refractivity contribution is 0.0526. The number of rotatable bonds is 4. The van der Waals surface area contributed by atoms with Gasteiger partial charge in [-0.15, -0.1) is 11.3 Å². The molecule has 2 N–H and O–H groups in total. The summed E-state index contributed by atoms with van der Waals surface area (Å²) in [6, 6.07) is 4.49. The van der Waals surface area contributed by atoms with Crippen LogP contribution in [0.4, 0.5) is 15.1 Å². The van der Waals surface area contributed by atoms with Crippen molar-refractivity contribution in [1.82, 2.24) is 0 Å². The van der Waals surface area contributed by atoms with E-state index in [1.54, 1.807) is 24.3 Å². The zero-order valence-electron chi connectivity index (χ0n) is 14.8. The molecule has 1 aromatic heterocycles. The second-order valence-corrected chi connectivity index (χ2v) is 7.69. The summed E-state index contributed by atoms with van der Waals surface area (Å²) in [6.45, 7) is 4.00. The number of carbonyl (C=O) groups is 1. The van der Waals surface area contributed by atoms with E-state index in [4.69, 9.17) is 17.0 Å². The first-order valence-electron chi connectivity index (χ1n) is 8.65. The van der Waals surface area contributed by atoms with Crippen molar-refractivity contribution in [1.29, 1.82) is 0 Å². The van der Waals surface area contributed by atoms with Crippen molar-refractivity contribution < 1.29 is 13.9 Å². The molecule has 2 aromatic rings. The van der Waals surface area contributed by atoms with Crippen molar-refractivity contribution in [2.24, 2.45) is 0 Å². The van der Waals surface area contributed by atoms with E-state index in [1.165, 1.54) is 17.0 Å². The average Bonchev–Trinajstić information content (AvgIpc) is 2.96. The van der Waals surface area contributed by atoms with Gasteiger partial charge in [-0.1, -0.05) is 6.07 Å². The van der Waals surface area contributed by atoms with Crippen LogP contribution in [0.2, 0.25) is 0 Å². The third-order valence-electron chi connectivity index (χ3n) is 4.33. The first kappa shape index (κ1) is 18.8. The van der Waals surface area contributed by atoms with Crippen LogP contribution in [0.25, 0.3) is 0 Å². The largest absolute Gasteiger partial charge is 0.462 e. The first-order valence-corrected chi connectivity index (χ1v) is 9.88. The molecule has 0 fully saturated rings. The summed E-state index contributed by atoms with van der Waals surface area (Å²) >= 11 is 6.93. The van der Waals surface area contributed by atoms with Gasteiger partial charge in [0.2, 0.25) is 0 Å². The van der Waals surface area contributed by atoms with Gasteiger partial charge >= 0.3 is 5.97 Å². The van der Waals surface area contributed by atoms with Gasteiger partial charge in [-0.05, 0) is 75.0 Å². The van der Waals surface area contributed by atoms with Crippen LogP contribution in [0, 0.1) is 12.7 Å². The van der Waals surface area contributed by atoms with E-state index in [0.29, 0.717) is 28.0 Å². The molecule has 0 saturated carbocycles. The quantitative estimate of drug-likeness (QED) is 0.563. The lowest BCUT2D eigenvalue weighted by Gasteiger charge is -2.14. The fourth-order valence-corrected chi connectivity index (χ4v) is 4.62. The standard InChI is InChI=1S/C19H21FN2O2S2/c1-3-24-18(23)16-13-6-4-5-7-15(13)26-17(16)22-19(25)21-14-10-12(20)9-8-11(14)2/h8-10H,3-7H2,1-2H3,(H2,21,22,25). The Hall–Kier alpha value is -1.99. The van der Waals surface area contributed by atoms with Crippen LogP contribution >= 0.6 is 23.6 Å². The van der Waals surface area contributed by atoms with Gasteiger partial charge in [0.15, 0.2) is 5.11 Å². The molecule has 0 aliphatic heterocycles. The molecule has 0 spiro atoms. The number of hydrogen-bond acceptors (Lipinski definition) is 4. The number of carbonyl (C=O) groups excluding carboxylic acids is 1. The third kappa shape index (κ3) is 4.04. The van der Waals surface area contributed by atoms with Crippen molar-refractivity contribution in [2.45, 2.75) is 39.5 Å². The highest BCUT2D eigenvalue weighted by molar-refractivity contribution is 7.80. The predicted molar refractivity (Wildman–Crippen MR) is 108 cm³/mol. The lowest BCUT2D eigenvalue weighted by Crippen LogP contribution is -2.21. The highest BCUT2D eigenvalue weighted by atomic mass is 32.1. The fourth-order valence-electron chi connectivity index (χ4n) is 3.06. The average molecular weight is 393 g/mol. The molecule has 1 aromatic carbocycles. The van der Waals surface area contributed by atoms with Crippen molar-refractivity contribution in [3.63, 3.8) is 0 Å². The molecule has 1 aliphatic rings. The van der Waals surface area contributed by atoms with Crippen molar-refractivity contribution in [3.05, 3.63) is 45.6 Å². The van der Waals surface area contributed by atoms with Gasteiger partial charge < -0.3 is 15.4 Å². The maximum Gasteiger partial charge on any atom is 0.341 e. The van der Waals surface area contributed by atoms with Crippen LogP contribution in [0.3, 0.4) is 0 Å². The number of benzene rings is 1. The molecular formula is C19H21FN2O2S2. The molecule has 0 bridgehead atoms. The van der Waals surface area contributed by atoms with Gasteiger partial charge in [0.25, 0.3) is 0 Å². The number of fused-ring (bicyclic) bond motifs is 1. The Morgan fingerprint density at radius 1 is 1.31 bits per heavy atom. The lowest BCUT2D eigenvalue weighted by atomic mass is 9.95. The minimum Gasteiger partial charge on any atom is -0.462 e. The summed E-state index contributed by atoms with van der Waals surface area (Å²) in [6.07, 6.45) is 4.04. The number of anilines is 2. The van der Waals surface area contributed by atoms with E-state index in [1.807, 2.05) is 6.92 Å². The molecule has 4 nitrogen and oxygen atoms in total. The summed E-state index contributed by atoms with van der Waals surface area (Å²) in [5.74, 6) is -0.654. The number of thiophene rings is 1. The predicted octanol–water partition coefficient (Wildman–Crippen LogP) is 5.06. The zero-order chi connectivity index (χ0) is 18.7. The number of thiocarbonyl (C=S) groups is 1. The molecular weight excluding hydrogens is 371 g/mol. The number of nitrogens with one attached hydrogen (secondary N) is 2. The van der Waals surface area contributed by atoms with Crippen LogP contribution in [0.15, 0.2) is 18.2 Å². The summed E-state index contributed by atoms with van der Waals surface area (Å²) in [5.41, 5.74) is 3.15. The zero-order valence-corrected chi connectivity index (χ0v) is 16.4. The minimum atomic E-state index is -0.334. The molecule has 3 rings (SSSR count). The Bertz CT molecular complexity index is 848. The van der Waals surface area contributed by atoms with E-state index in [-0.39, 0.29) is 11.8 Å². The monoisotopic (exact) mass is 392 g/mol. The van der Waals surface area contributed by atoms with Crippen LogP contribution in [-0.2, 0) is 17.6 Å². The minimum absolute atomic E-state index is 0.320. The van der Waals surface area contributed by atoms with E-state index >= 15 is 0 Å². The molecule has 0 atom stereocenters. The van der Waals surface area contributed by atoms with E-state index in [0.717, 1.165) is 36.8 Å². The maximum atomic E-state index is 13.5. The molecule has 0 saturated heterocycles. The number of halogens is 1. The van der Waals surface area contributed by atoms with Crippen molar-refractivity contribution >= 4 is 45.3 Å². The SMILES string of the molecule is CCOC(=O)c1c(NC(=S)Nc2cc(F)ccc2C)sc2c1CCCC2. The Kier molecular flexibility index (Phi) is 5.88. The Morgan fingerprint density at radius 2 is 2.08 bits per heavy atom. The molecule has 1 aliphatic carbocycles. The number of esters is 1. The van der Waals surface area contributed by atoms with Crippen LogP contribution in [-0.4, -0.2) is 17.7 Å².